The molecular formula is C39H38F3N11O3. The number of benzene rings is 2. The molecule has 288 valence electrons. The smallest absolute Gasteiger partial charge is 0.245 e. The minimum Gasteiger partial charge on any atom is -0.378 e. The molecule has 4 aromatic heterocycles. The van der Waals surface area contributed by atoms with Gasteiger partial charge in [0, 0.05) is 70.5 Å². The maximum Gasteiger partial charge on any atom is 0.245 e. The van der Waals surface area contributed by atoms with Crippen LogP contribution in [0.5, 0.6) is 0 Å². The van der Waals surface area contributed by atoms with Gasteiger partial charge >= 0.3 is 0 Å². The number of likely N-dealkylation sites (N-methyl/N-ethyl adjacent to an activating group) is 1. The van der Waals surface area contributed by atoms with Gasteiger partial charge in [0.25, 0.3) is 0 Å². The summed E-state index contributed by atoms with van der Waals surface area (Å²) in [7, 11) is 3.36. The zero-order valence-corrected chi connectivity index (χ0v) is 30.9. The van der Waals surface area contributed by atoms with E-state index in [0.29, 0.717) is 83.8 Å². The lowest BCUT2D eigenvalue weighted by atomic mass is 9.99. The van der Waals surface area contributed by atoms with E-state index in [4.69, 9.17) is 24.4 Å². The first kappa shape index (κ1) is 34.7. The number of ether oxygens (including phenoxy) is 2. The van der Waals surface area contributed by atoms with Gasteiger partial charge < -0.3 is 34.1 Å². The van der Waals surface area contributed by atoms with Crippen LogP contribution in [0.25, 0.3) is 39.0 Å². The Bertz CT molecular complexity index is 2530. The number of amides is 1. The number of halogens is 3. The monoisotopic (exact) mass is 765 g/mol. The molecule has 1 amide bonds. The lowest BCUT2D eigenvalue weighted by Gasteiger charge is -2.47. The van der Waals surface area contributed by atoms with E-state index in [1.165, 1.54) is 28.9 Å². The Morgan fingerprint density at radius 2 is 1.73 bits per heavy atom. The molecule has 0 radical (unpaired) electrons. The van der Waals surface area contributed by atoms with Crippen LogP contribution in [-0.4, -0.2) is 116 Å². The second kappa shape index (κ2) is 13.2. The van der Waals surface area contributed by atoms with Crippen molar-refractivity contribution in [1.82, 2.24) is 39.2 Å². The standard InChI is InChI=1S/C39H38F3N11O3/c1-20-44-31-11-22(41)9-27-30-5-4-6-34(46-30)45-23-12-33(38(54)49(2)16-26(55-3)19-51(20)35(27)31)52(15-23)36-28-14-43-53(32-8-7-21(40)10-29(32)42)37(28)48-39(47-36)50-17-24-13-25(18-50)56-24/h4-11,14,23-26,33H,12-13,15-19H2,1-3H3,(H,45,46)/t23-,24?,25?,26-,33-/m0/s1. The molecule has 5 atom stereocenters. The van der Waals surface area contributed by atoms with E-state index >= 15 is 8.78 Å². The van der Waals surface area contributed by atoms with E-state index in [0.717, 1.165) is 18.0 Å². The number of imidazole rings is 1. The van der Waals surface area contributed by atoms with Crippen molar-refractivity contribution in [3.05, 3.63) is 78.0 Å². The van der Waals surface area contributed by atoms with Crippen molar-refractivity contribution in [3.8, 4) is 16.9 Å². The summed E-state index contributed by atoms with van der Waals surface area (Å²) in [6.07, 6.45) is 2.56. The Morgan fingerprint density at radius 3 is 2.52 bits per heavy atom. The molecule has 14 nitrogen and oxygen atoms in total. The topological polar surface area (TPSA) is 132 Å². The Kier molecular flexibility index (Phi) is 8.14. The van der Waals surface area contributed by atoms with Crippen LogP contribution in [0.15, 0.2) is 54.7 Å². The van der Waals surface area contributed by atoms with E-state index < -0.39 is 29.6 Å². The van der Waals surface area contributed by atoms with Crippen molar-refractivity contribution in [2.24, 2.45) is 0 Å². The predicted molar refractivity (Wildman–Crippen MR) is 201 cm³/mol. The molecule has 5 aliphatic rings. The van der Waals surface area contributed by atoms with Gasteiger partial charge in [-0.25, -0.2) is 27.8 Å². The molecule has 17 heteroatoms. The molecule has 0 saturated carbocycles. The van der Waals surface area contributed by atoms with Crippen LogP contribution in [0.1, 0.15) is 18.7 Å². The minimum absolute atomic E-state index is 0.0278. The van der Waals surface area contributed by atoms with Crippen molar-refractivity contribution in [2.45, 2.75) is 56.7 Å². The lowest BCUT2D eigenvalue weighted by Crippen LogP contribution is -2.57. The first-order valence-electron chi connectivity index (χ1n) is 18.7. The van der Waals surface area contributed by atoms with Crippen LogP contribution < -0.4 is 15.1 Å². The first-order valence-corrected chi connectivity index (χ1v) is 18.7. The Hall–Kier alpha value is -5.81. The number of fused-ring (bicyclic) bond motifs is 8. The number of carbonyl (C=O) groups is 1. The number of rotatable bonds is 4. The molecular weight excluding hydrogens is 727 g/mol. The van der Waals surface area contributed by atoms with Gasteiger partial charge in [-0.05, 0) is 43.7 Å². The van der Waals surface area contributed by atoms with Gasteiger partial charge in [-0.2, -0.15) is 15.1 Å². The highest BCUT2D eigenvalue weighted by atomic mass is 19.1. The van der Waals surface area contributed by atoms with E-state index in [2.05, 4.69) is 15.4 Å². The second-order valence-corrected chi connectivity index (χ2v) is 15.1. The van der Waals surface area contributed by atoms with Crippen molar-refractivity contribution in [1.29, 1.82) is 0 Å². The van der Waals surface area contributed by atoms with Crippen LogP contribution >= 0.6 is 0 Å². The van der Waals surface area contributed by atoms with Crippen LogP contribution in [0.2, 0.25) is 0 Å². The number of nitrogens with one attached hydrogen (secondary N) is 1. The molecule has 9 heterocycles. The van der Waals surface area contributed by atoms with Crippen LogP contribution in [0.3, 0.4) is 0 Å². The fourth-order valence-electron chi connectivity index (χ4n) is 8.70. The van der Waals surface area contributed by atoms with Crippen LogP contribution in [-0.2, 0) is 20.8 Å². The highest BCUT2D eigenvalue weighted by Gasteiger charge is 2.43. The molecule has 2 aromatic carbocycles. The predicted octanol–water partition coefficient (Wildman–Crippen LogP) is 4.48. The molecule has 56 heavy (non-hydrogen) atoms. The van der Waals surface area contributed by atoms with Gasteiger partial charge in [-0.3, -0.25) is 4.79 Å². The number of aromatic nitrogens is 7. The highest BCUT2D eigenvalue weighted by Crippen LogP contribution is 2.38. The number of pyridine rings is 1. The van der Waals surface area contributed by atoms with Crippen molar-refractivity contribution >= 4 is 45.6 Å². The molecule has 6 bridgehead atoms. The maximum atomic E-state index is 15.3. The Morgan fingerprint density at radius 1 is 0.911 bits per heavy atom. The van der Waals surface area contributed by atoms with E-state index in [9.17, 15) is 9.18 Å². The molecule has 2 unspecified atom stereocenters. The molecule has 5 aliphatic heterocycles. The van der Waals surface area contributed by atoms with Gasteiger partial charge in [0.05, 0.1) is 53.2 Å². The van der Waals surface area contributed by atoms with Gasteiger partial charge in [0.15, 0.2) is 11.5 Å². The summed E-state index contributed by atoms with van der Waals surface area (Å²) in [6.45, 7) is 3.96. The summed E-state index contributed by atoms with van der Waals surface area (Å²) < 4.78 is 59.6. The van der Waals surface area contributed by atoms with E-state index in [1.807, 2.05) is 39.5 Å². The Balaban J connectivity index is 1.10. The zero-order valence-electron chi connectivity index (χ0n) is 30.9. The molecule has 11 rings (SSSR count). The summed E-state index contributed by atoms with van der Waals surface area (Å²) in [5.41, 5.74) is 2.74. The molecule has 4 fully saturated rings. The molecule has 0 aliphatic carbocycles. The molecule has 4 saturated heterocycles. The van der Waals surface area contributed by atoms with Gasteiger partial charge in [-0.1, -0.05) is 6.07 Å². The minimum atomic E-state index is -0.794. The first-order chi connectivity index (χ1) is 27.1. The number of hydrogen-bond donors (Lipinski definition) is 1. The summed E-state index contributed by atoms with van der Waals surface area (Å²) in [5.74, 6) is 0.00911. The molecule has 0 spiro atoms. The fourth-order valence-corrected chi connectivity index (χ4v) is 8.70. The zero-order chi connectivity index (χ0) is 38.4. The molecule has 6 aromatic rings. The number of morpholine rings is 1. The lowest BCUT2D eigenvalue weighted by molar-refractivity contribution is -0.133. The number of anilines is 3. The Labute approximate surface area is 318 Å². The number of piperidine rings is 1. The molecule has 1 N–H and O–H groups in total. The quantitative estimate of drug-likeness (QED) is 0.273. The van der Waals surface area contributed by atoms with Gasteiger partial charge in [0.2, 0.25) is 11.9 Å². The summed E-state index contributed by atoms with van der Waals surface area (Å²) >= 11 is 0. The van der Waals surface area contributed by atoms with E-state index in [-0.39, 0.29) is 36.4 Å². The van der Waals surface area contributed by atoms with Gasteiger partial charge in [0.1, 0.15) is 40.8 Å². The summed E-state index contributed by atoms with van der Waals surface area (Å²) in [6, 6.07) is 10.8. The third-order valence-electron chi connectivity index (χ3n) is 11.4. The fraction of sp³-hybridized carbons (Fsp3) is 0.385. The number of hydrogen-bond acceptors (Lipinski definition) is 11. The third-order valence-corrected chi connectivity index (χ3v) is 11.4. The summed E-state index contributed by atoms with van der Waals surface area (Å²) in [5, 5.41) is 8.58. The maximum absolute atomic E-state index is 15.3. The average Bonchev–Trinajstić information content (AvgIpc) is 3.88. The normalized spacial score (nSPS) is 23.6. The van der Waals surface area contributed by atoms with Gasteiger partial charge in [-0.15, -0.1) is 0 Å². The van der Waals surface area contributed by atoms with Crippen LogP contribution in [0, 0.1) is 24.4 Å². The number of carbonyl (C=O) groups excluding carboxylic acids is 1. The number of aryl methyl sites for hydroxylation is 1. The average molecular weight is 766 g/mol. The van der Waals surface area contributed by atoms with Crippen molar-refractivity contribution in [3.63, 3.8) is 0 Å². The highest BCUT2D eigenvalue weighted by molar-refractivity contribution is 5.94. The SMILES string of the molecule is CO[C@H]1CN(C)C(=O)[C@@H]2C[C@@H](CN2c2nc(N3CC4CC(C3)O4)nc3c2cnn3-c2ccc(F)cc2F)Nc2cccc(n2)-c2cc(F)cc3nc(C)n(c23)C1. The second-order valence-electron chi connectivity index (χ2n) is 15.1. The van der Waals surface area contributed by atoms with Crippen molar-refractivity contribution < 1.29 is 27.4 Å². The van der Waals surface area contributed by atoms with Crippen molar-refractivity contribution in [2.75, 3.05) is 55.5 Å². The van der Waals surface area contributed by atoms with E-state index in [1.54, 1.807) is 25.3 Å². The third kappa shape index (κ3) is 5.79. The number of nitrogens with zero attached hydrogens (tertiary/aromatic N) is 10. The van der Waals surface area contributed by atoms with Crippen LogP contribution in [0.4, 0.5) is 30.8 Å². The largest absolute Gasteiger partial charge is 0.378 e. The number of methoxy groups -OCH3 is 1. The summed E-state index contributed by atoms with van der Waals surface area (Å²) in [4.78, 5) is 40.1.